The van der Waals surface area contributed by atoms with E-state index in [9.17, 15) is 4.79 Å². The highest BCUT2D eigenvalue weighted by Gasteiger charge is 2.27. The molecule has 1 atom stereocenters. The van der Waals surface area contributed by atoms with E-state index in [1.807, 2.05) is 6.92 Å². The van der Waals surface area contributed by atoms with Gasteiger partial charge in [-0.3, -0.25) is 14.7 Å². The minimum absolute atomic E-state index is 0.165. The first kappa shape index (κ1) is 16.6. The normalized spacial score (nSPS) is 16.4. The molecule has 0 aromatic heterocycles. The molecule has 0 aliphatic carbocycles. The summed E-state index contributed by atoms with van der Waals surface area (Å²) in [5, 5.41) is 10.3. The summed E-state index contributed by atoms with van der Waals surface area (Å²) in [6, 6.07) is 16.0. The third kappa shape index (κ3) is 3.45. The zero-order chi connectivity index (χ0) is 17.1. The van der Waals surface area contributed by atoms with Gasteiger partial charge in [-0.15, -0.1) is 0 Å². The van der Waals surface area contributed by atoms with Crippen molar-refractivity contribution < 1.29 is 4.79 Å². The largest absolute Gasteiger partial charge is 0.268 e. The van der Waals surface area contributed by atoms with E-state index in [4.69, 9.17) is 16.9 Å². The van der Waals surface area contributed by atoms with Crippen LogP contribution in [0.15, 0.2) is 53.5 Å². The van der Waals surface area contributed by atoms with Crippen LogP contribution in [0.2, 0.25) is 5.02 Å². The standard InChI is InChI=1S/C18H14ClN3OS/c1-12-11-24-18(21-12)22(16-7-5-15(19)6-8-16)17(23)14-4-2-3-13(9-14)10-20/h2-9,12H,11H2,1H3/t12-/m1/s1. The zero-order valence-corrected chi connectivity index (χ0v) is 14.5. The number of carbonyl (C=O) groups is 1. The van der Waals surface area contributed by atoms with E-state index >= 15 is 0 Å². The highest BCUT2D eigenvalue weighted by atomic mass is 35.5. The van der Waals surface area contributed by atoms with Crippen molar-refractivity contribution in [1.82, 2.24) is 0 Å². The van der Waals surface area contributed by atoms with Crippen LogP contribution in [-0.4, -0.2) is 22.9 Å². The molecule has 0 N–H and O–H groups in total. The number of nitrogens with zero attached hydrogens (tertiary/aromatic N) is 3. The molecular formula is C18H14ClN3OS. The van der Waals surface area contributed by atoms with Crippen LogP contribution < -0.4 is 4.90 Å². The van der Waals surface area contributed by atoms with E-state index in [1.165, 1.54) is 0 Å². The lowest BCUT2D eigenvalue weighted by molar-refractivity contribution is 0.100. The molecule has 2 aromatic rings. The second kappa shape index (κ2) is 7.08. The predicted molar refractivity (Wildman–Crippen MR) is 98.8 cm³/mol. The fraction of sp³-hybridized carbons (Fsp3) is 0.167. The van der Waals surface area contributed by atoms with Crippen molar-refractivity contribution in [1.29, 1.82) is 5.26 Å². The average Bonchev–Trinajstić information content (AvgIpc) is 3.02. The van der Waals surface area contributed by atoms with E-state index < -0.39 is 0 Å². The van der Waals surface area contributed by atoms with Crippen molar-refractivity contribution in [3.63, 3.8) is 0 Å². The summed E-state index contributed by atoms with van der Waals surface area (Å²) in [4.78, 5) is 19.2. The molecule has 1 aliphatic rings. The number of rotatable bonds is 2. The third-order valence-electron chi connectivity index (χ3n) is 3.50. The van der Waals surface area contributed by atoms with Gasteiger partial charge in [-0.25, -0.2) is 0 Å². The summed E-state index contributed by atoms with van der Waals surface area (Å²) in [5.74, 6) is 0.625. The molecule has 0 spiro atoms. The molecule has 0 saturated heterocycles. The van der Waals surface area contributed by atoms with E-state index in [1.54, 1.807) is 65.2 Å². The van der Waals surface area contributed by atoms with E-state index in [0.29, 0.717) is 27.0 Å². The molecule has 4 nitrogen and oxygen atoms in total. The topological polar surface area (TPSA) is 56.5 Å². The van der Waals surface area contributed by atoms with Gasteiger partial charge in [-0.05, 0) is 49.4 Å². The highest BCUT2D eigenvalue weighted by Crippen LogP contribution is 2.28. The molecule has 0 fully saturated rings. The van der Waals surface area contributed by atoms with Gasteiger partial charge in [-0.1, -0.05) is 29.4 Å². The SMILES string of the molecule is C[C@@H]1CSC(N(C(=O)c2cccc(C#N)c2)c2ccc(Cl)cc2)=N1. The quantitative estimate of drug-likeness (QED) is 0.804. The van der Waals surface area contributed by atoms with Crippen molar-refractivity contribution in [2.45, 2.75) is 13.0 Å². The van der Waals surface area contributed by atoms with Gasteiger partial charge in [0.05, 0.1) is 23.4 Å². The number of anilines is 1. The van der Waals surface area contributed by atoms with Gasteiger partial charge in [0.25, 0.3) is 5.91 Å². The molecule has 0 unspecified atom stereocenters. The Hall–Kier alpha value is -2.29. The monoisotopic (exact) mass is 355 g/mol. The number of hydrogen-bond acceptors (Lipinski definition) is 4. The van der Waals surface area contributed by atoms with Gasteiger partial charge >= 0.3 is 0 Å². The smallest absolute Gasteiger partial charge is 0.264 e. The Morgan fingerprint density at radius 2 is 2.08 bits per heavy atom. The highest BCUT2D eigenvalue weighted by molar-refractivity contribution is 8.14. The fourth-order valence-corrected chi connectivity index (χ4v) is 3.50. The first-order chi connectivity index (χ1) is 11.6. The van der Waals surface area contributed by atoms with Crippen LogP contribution in [0.4, 0.5) is 5.69 Å². The van der Waals surface area contributed by atoms with Gasteiger partial charge < -0.3 is 0 Å². The zero-order valence-electron chi connectivity index (χ0n) is 12.9. The molecule has 1 amide bonds. The minimum Gasteiger partial charge on any atom is -0.268 e. The lowest BCUT2D eigenvalue weighted by Crippen LogP contribution is -2.34. The summed E-state index contributed by atoms with van der Waals surface area (Å²) in [7, 11) is 0. The van der Waals surface area contributed by atoms with E-state index in [-0.39, 0.29) is 11.9 Å². The Labute approximate surface area is 149 Å². The lowest BCUT2D eigenvalue weighted by atomic mass is 10.1. The Morgan fingerprint density at radius 1 is 1.33 bits per heavy atom. The number of aliphatic imine (C=N–C) groups is 1. The van der Waals surface area contributed by atoms with Crippen molar-refractivity contribution in [3.05, 3.63) is 64.7 Å². The Balaban J connectivity index is 2.04. The molecule has 1 heterocycles. The van der Waals surface area contributed by atoms with Crippen LogP contribution in [-0.2, 0) is 0 Å². The summed E-state index contributed by atoms with van der Waals surface area (Å²) >= 11 is 7.51. The summed E-state index contributed by atoms with van der Waals surface area (Å²) in [6.07, 6.45) is 0. The Morgan fingerprint density at radius 3 is 2.71 bits per heavy atom. The van der Waals surface area contributed by atoms with Gasteiger partial charge in [0.1, 0.15) is 0 Å². The summed E-state index contributed by atoms with van der Waals surface area (Å²) in [5.41, 5.74) is 1.60. The van der Waals surface area contributed by atoms with Crippen LogP contribution in [0.1, 0.15) is 22.8 Å². The number of nitriles is 1. The number of amidine groups is 1. The molecular weight excluding hydrogens is 342 g/mol. The molecule has 0 saturated carbocycles. The van der Waals surface area contributed by atoms with Gasteiger partial charge in [0.2, 0.25) is 0 Å². The van der Waals surface area contributed by atoms with Crippen LogP contribution in [0.25, 0.3) is 0 Å². The van der Waals surface area contributed by atoms with Crippen molar-refractivity contribution >= 4 is 40.1 Å². The summed E-state index contributed by atoms with van der Waals surface area (Å²) in [6.45, 7) is 2.01. The van der Waals surface area contributed by atoms with E-state index in [0.717, 1.165) is 5.75 Å². The van der Waals surface area contributed by atoms with Gasteiger partial charge in [0.15, 0.2) is 5.17 Å². The molecule has 0 bridgehead atoms. The Bertz CT molecular complexity index is 842. The average molecular weight is 356 g/mol. The number of amides is 1. The number of thioether (sulfide) groups is 1. The van der Waals surface area contributed by atoms with Crippen LogP contribution in [0, 0.1) is 11.3 Å². The first-order valence-corrected chi connectivity index (χ1v) is 8.75. The number of benzene rings is 2. The summed E-state index contributed by atoms with van der Waals surface area (Å²) < 4.78 is 0. The van der Waals surface area contributed by atoms with Crippen molar-refractivity contribution in [2.75, 3.05) is 10.7 Å². The fourth-order valence-electron chi connectivity index (χ4n) is 2.34. The van der Waals surface area contributed by atoms with Crippen molar-refractivity contribution in [2.24, 2.45) is 4.99 Å². The van der Waals surface area contributed by atoms with Crippen LogP contribution in [0.3, 0.4) is 0 Å². The molecule has 120 valence electrons. The maximum absolute atomic E-state index is 13.1. The van der Waals surface area contributed by atoms with Gasteiger partial charge in [0, 0.05) is 16.3 Å². The number of hydrogen-bond donors (Lipinski definition) is 0. The molecule has 24 heavy (non-hydrogen) atoms. The number of carbonyl (C=O) groups excluding carboxylic acids is 1. The van der Waals surface area contributed by atoms with Crippen molar-refractivity contribution in [3.8, 4) is 6.07 Å². The second-order valence-corrected chi connectivity index (χ2v) is 6.80. The van der Waals surface area contributed by atoms with Gasteiger partial charge in [-0.2, -0.15) is 5.26 Å². The molecule has 1 aliphatic heterocycles. The first-order valence-electron chi connectivity index (χ1n) is 7.39. The van der Waals surface area contributed by atoms with Crippen LogP contribution >= 0.6 is 23.4 Å². The molecule has 6 heteroatoms. The van der Waals surface area contributed by atoms with Crippen LogP contribution in [0.5, 0.6) is 0 Å². The molecule has 0 radical (unpaired) electrons. The lowest BCUT2D eigenvalue weighted by Gasteiger charge is -2.22. The maximum atomic E-state index is 13.1. The minimum atomic E-state index is -0.213. The number of halogens is 1. The maximum Gasteiger partial charge on any atom is 0.264 e. The third-order valence-corrected chi connectivity index (χ3v) is 4.95. The molecule has 3 rings (SSSR count). The second-order valence-electron chi connectivity index (χ2n) is 5.38. The van der Waals surface area contributed by atoms with E-state index in [2.05, 4.69) is 11.1 Å². The Kier molecular flexibility index (Phi) is 4.89. The predicted octanol–water partition coefficient (Wildman–Crippen LogP) is 4.35. The molecule has 2 aromatic carbocycles.